The van der Waals surface area contributed by atoms with Crippen LogP contribution in [0.15, 0.2) is 47.4 Å². The van der Waals surface area contributed by atoms with Gasteiger partial charge in [0.25, 0.3) is 5.69 Å². The van der Waals surface area contributed by atoms with E-state index in [2.05, 4.69) is 5.32 Å². The van der Waals surface area contributed by atoms with Crippen molar-refractivity contribution >= 4 is 27.3 Å². The van der Waals surface area contributed by atoms with Crippen LogP contribution < -0.4 is 14.8 Å². The molecule has 2 aliphatic rings. The number of nitro benzene ring substituents is 1. The SMILES string of the molecule is O=C(CCCNc1ccccc1[N+](=O)[O-])N1CCN(S(=O)(=O)c2ccc3c(c2)OCCO3)CC1. The molecule has 0 aromatic heterocycles. The minimum Gasteiger partial charge on any atom is -0.486 e. The molecule has 2 aromatic carbocycles. The highest BCUT2D eigenvalue weighted by atomic mass is 32.2. The Hall–Kier alpha value is -3.38. The number of piperazine rings is 1. The summed E-state index contributed by atoms with van der Waals surface area (Å²) in [5.41, 5.74) is 0.405. The predicted octanol–water partition coefficient (Wildman–Crippen LogP) is 2.09. The molecule has 0 saturated carbocycles. The standard InChI is InChI=1S/C22H26N4O7S/c27-22(6-3-9-23-18-4-1-2-5-19(18)26(28)29)24-10-12-25(13-11-24)34(30,31)17-7-8-20-21(16-17)33-15-14-32-20/h1-2,4-5,7-8,16,23H,3,6,9-15H2. The van der Waals surface area contributed by atoms with Crippen molar-refractivity contribution in [2.75, 3.05) is 51.3 Å². The zero-order valence-corrected chi connectivity index (χ0v) is 19.3. The summed E-state index contributed by atoms with van der Waals surface area (Å²) in [4.78, 5) is 25.0. The van der Waals surface area contributed by atoms with Crippen LogP contribution in [0.25, 0.3) is 0 Å². The van der Waals surface area contributed by atoms with E-state index in [1.165, 1.54) is 22.5 Å². The van der Waals surface area contributed by atoms with Gasteiger partial charge in [0.05, 0.1) is 9.82 Å². The number of hydrogen-bond donors (Lipinski definition) is 1. The van der Waals surface area contributed by atoms with Gasteiger partial charge in [-0.3, -0.25) is 14.9 Å². The number of carbonyl (C=O) groups excluding carboxylic acids is 1. The molecule has 12 heteroatoms. The molecule has 0 spiro atoms. The first kappa shape index (κ1) is 23.8. The van der Waals surface area contributed by atoms with E-state index in [0.717, 1.165) is 0 Å². The number of fused-ring (bicyclic) bond motifs is 1. The molecule has 1 amide bonds. The summed E-state index contributed by atoms with van der Waals surface area (Å²) in [6, 6.07) is 10.9. The number of ether oxygens (including phenoxy) is 2. The second kappa shape index (κ2) is 10.3. The number of para-hydroxylation sites is 2. The van der Waals surface area contributed by atoms with Crippen molar-refractivity contribution in [2.24, 2.45) is 0 Å². The first-order valence-corrected chi connectivity index (χ1v) is 12.4. The van der Waals surface area contributed by atoms with Crippen molar-refractivity contribution in [2.45, 2.75) is 17.7 Å². The molecule has 1 fully saturated rings. The van der Waals surface area contributed by atoms with E-state index in [9.17, 15) is 23.3 Å². The Bertz CT molecular complexity index is 1160. The lowest BCUT2D eigenvalue weighted by Crippen LogP contribution is -2.50. The molecule has 0 aliphatic carbocycles. The first-order valence-electron chi connectivity index (χ1n) is 11.0. The Morgan fingerprint density at radius 1 is 1.03 bits per heavy atom. The summed E-state index contributed by atoms with van der Waals surface area (Å²) in [5, 5.41) is 14.1. The highest BCUT2D eigenvalue weighted by Gasteiger charge is 2.31. The number of nitrogens with one attached hydrogen (secondary N) is 1. The molecule has 2 heterocycles. The monoisotopic (exact) mass is 490 g/mol. The van der Waals surface area contributed by atoms with Crippen LogP contribution >= 0.6 is 0 Å². The van der Waals surface area contributed by atoms with E-state index in [4.69, 9.17) is 9.47 Å². The van der Waals surface area contributed by atoms with Crippen LogP contribution in [0.5, 0.6) is 11.5 Å². The molecule has 0 radical (unpaired) electrons. The van der Waals surface area contributed by atoms with Crippen LogP contribution in [0.4, 0.5) is 11.4 Å². The van der Waals surface area contributed by atoms with Gasteiger partial charge in [0.15, 0.2) is 11.5 Å². The summed E-state index contributed by atoms with van der Waals surface area (Å²) < 4.78 is 38.4. The number of nitrogens with zero attached hydrogens (tertiary/aromatic N) is 3. The third-order valence-electron chi connectivity index (χ3n) is 5.73. The molecule has 2 aliphatic heterocycles. The predicted molar refractivity (Wildman–Crippen MR) is 124 cm³/mol. The minimum atomic E-state index is -3.71. The van der Waals surface area contributed by atoms with Crippen molar-refractivity contribution in [3.63, 3.8) is 0 Å². The van der Waals surface area contributed by atoms with Crippen LogP contribution in [0.3, 0.4) is 0 Å². The van der Waals surface area contributed by atoms with Gasteiger partial charge in [-0.1, -0.05) is 12.1 Å². The number of benzene rings is 2. The van der Waals surface area contributed by atoms with Crippen LogP contribution in [0.2, 0.25) is 0 Å². The molecule has 0 atom stereocenters. The average Bonchev–Trinajstić information content (AvgIpc) is 2.86. The molecule has 1 N–H and O–H groups in total. The number of carbonyl (C=O) groups is 1. The Kier molecular flexibility index (Phi) is 7.17. The summed E-state index contributed by atoms with van der Waals surface area (Å²) in [7, 11) is -3.71. The molecule has 4 rings (SSSR count). The first-order chi connectivity index (χ1) is 16.4. The lowest BCUT2D eigenvalue weighted by atomic mass is 10.2. The van der Waals surface area contributed by atoms with Crippen molar-refractivity contribution in [1.82, 2.24) is 9.21 Å². The average molecular weight is 491 g/mol. The molecule has 0 bridgehead atoms. The van der Waals surface area contributed by atoms with Gasteiger partial charge in [-0.05, 0) is 24.6 Å². The van der Waals surface area contributed by atoms with Crippen molar-refractivity contribution in [1.29, 1.82) is 0 Å². The van der Waals surface area contributed by atoms with Gasteiger partial charge in [0.2, 0.25) is 15.9 Å². The van der Waals surface area contributed by atoms with Crippen molar-refractivity contribution in [3.8, 4) is 11.5 Å². The van der Waals surface area contributed by atoms with E-state index in [0.29, 0.717) is 56.5 Å². The Morgan fingerprint density at radius 2 is 1.74 bits per heavy atom. The van der Waals surface area contributed by atoms with Crippen LogP contribution in [-0.2, 0) is 14.8 Å². The van der Waals surface area contributed by atoms with E-state index >= 15 is 0 Å². The Morgan fingerprint density at radius 3 is 2.47 bits per heavy atom. The maximum Gasteiger partial charge on any atom is 0.292 e. The Labute approximate surface area is 197 Å². The molecule has 11 nitrogen and oxygen atoms in total. The topological polar surface area (TPSA) is 131 Å². The molecular formula is C22H26N4O7S. The highest BCUT2D eigenvalue weighted by Crippen LogP contribution is 2.33. The number of hydrogen-bond acceptors (Lipinski definition) is 8. The van der Waals surface area contributed by atoms with Gasteiger partial charge >= 0.3 is 0 Å². The second-order valence-electron chi connectivity index (χ2n) is 7.89. The number of sulfonamides is 1. The third-order valence-corrected chi connectivity index (χ3v) is 7.62. The molecule has 1 saturated heterocycles. The fraction of sp³-hybridized carbons (Fsp3) is 0.409. The van der Waals surface area contributed by atoms with Crippen LogP contribution in [-0.4, -0.2) is 74.4 Å². The zero-order valence-electron chi connectivity index (χ0n) is 18.5. The smallest absolute Gasteiger partial charge is 0.292 e. The summed E-state index contributed by atoms with van der Waals surface area (Å²) in [6.07, 6.45) is 0.767. The molecular weight excluding hydrogens is 464 g/mol. The van der Waals surface area contributed by atoms with E-state index in [1.807, 2.05) is 0 Å². The maximum absolute atomic E-state index is 13.0. The molecule has 182 valence electrons. The fourth-order valence-corrected chi connectivity index (χ4v) is 5.35. The van der Waals surface area contributed by atoms with Crippen LogP contribution in [0.1, 0.15) is 12.8 Å². The molecule has 34 heavy (non-hydrogen) atoms. The zero-order chi connectivity index (χ0) is 24.1. The van der Waals surface area contributed by atoms with Gasteiger partial charge in [0.1, 0.15) is 18.9 Å². The van der Waals surface area contributed by atoms with Crippen molar-refractivity contribution < 1.29 is 27.6 Å². The fourth-order valence-electron chi connectivity index (χ4n) is 3.91. The Balaban J connectivity index is 1.26. The summed E-state index contributed by atoms with van der Waals surface area (Å²) >= 11 is 0. The molecule has 0 unspecified atom stereocenters. The van der Waals surface area contributed by atoms with Crippen LogP contribution in [0, 0.1) is 10.1 Å². The second-order valence-corrected chi connectivity index (χ2v) is 9.83. The number of rotatable bonds is 8. The van der Waals surface area contributed by atoms with Gasteiger partial charge in [-0.15, -0.1) is 0 Å². The summed E-state index contributed by atoms with van der Waals surface area (Å²) in [5.74, 6) is 0.869. The number of nitro groups is 1. The van der Waals surface area contributed by atoms with Gasteiger partial charge in [-0.25, -0.2) is 8.42 Å². The summed E-state index contributed by atoms with van der Waals surface area (Å²) in [6.45, 7) is 2.23. The highest BCUT2D eigenvalue weighted by molar-refractivity contribution is 7.89. The minimum absolute atomic E-state index is 0.0100. The number of amides is 1. The van der Waals surface area contributed by atoms with E-state index in [-0.39, 0.29) is 36.0 Å². The maximum atomic E-state index is 13.0. The van der Waals surface area contributed by atoms with Gasteiger partial charge < -0.3 is 19.7 Å². The largest absolute Gasteiger partial charge is 0.486 e. The van der Waals surface area contributed by atoms with E-state index < -0.39 is 14.9 Å². The number of anilines is 1. The van der Waals surface area contributed by atoms with Gasteiger partial charge in [0, 0.05) is 51.3 Å². The normalized spacial score (nSPS) is 16.2. The van der Waals surface area contributed by atoms with Crippen molar-refractivity contribution in [3.05, 3.63) is 52.6 Å². The lowest BCUT2D eigenvalue weighted by Gasteiger charge is -2.34. The van der Waals surface area contributed by atoms with Gasteiger partial charge in [-0.2, -0.15) is 4.31 Å². The quantitative estimate of drug-likeness (QED) is 0.338. The molecule has 2 aromatic rings. The third kappa shape index (κ3) is 5.23. The van der Waals surface area contributed by atoms with E-state index in [1.54, 1.807) is 29.2 Å². The lowest BCUT2D eigenvalue weighted by molar-refractivity contribution is -0.384.